The molecule has 2 aromatic carbocycles. The van der Waals surface area contributed by atoms with Gasteiger partial charge in [0.25, 0.3) is 5.91 Å². The molecule has 1 aliphatic heterocycles. The Balaban J connectivity index is 1.84. The molecule has 0 aliphatic carbocycles. The number of aliphatic hydroxyl groups excluding tert-OH is 3. The number of benzene rings is 2. The number of nitrogens with one attached hydrogen (secondary N) is 1. The zero-order chi connectivity index (χ0) is 22.1. The lowest BCUT2D eigenvalue weighted by Gasteiger charge is -2.45. The van der Waals surface area contributed by atoms with Crippen LogP contribution in [0.3, 0.4) is 0 Å². The zero-order valence-electron chi connectivity index (χ0n) is 16.4. The molecular formula is C21H24FNO7. The molecule has 1 aliphatic rings. The van der Waals surface area contributed by atoms with E-state index in [9.17, 15) is 29.6 Å². The van der Waals surface area contributed by atoms with E-state index in [1.165, 1.54) is 26.1 Å². The second-order valence-corrected chi connectivity index (χ2v) is 7.27. The van der Waals surface area contributed by atoms with Crippen molar-refractivity contribution in [2.75, 3.05) is 13.7 Å². The molecule has 3 rings (SSSR count). The number of hydrogen-bond donors (Lipinski definition) is 5. The summed E-state index contributed by atoms with van der Waals surface area (Å²) in [5, 5.41) is 42.3. The minimum absolute atomic E-state index is 0.00394. The van der Waals surface area contributed by atoms with Gasteiger partial charge < -0.3 is 35.2 Å². The minimum Gasteiger partial charge on any atom is -0.462 e. The molecule has 0 bridgehead atoms. The van der Waals surface area contributed by atoms with E-state index in [-0.39, 0.29) is 17.2 Å². The molecule has 0 saturated carbocycles. The van der Waals surface area contributed by atoms with Gasteiger partial charge in [0.1, 0.15) is 29.9 Å². The summed E-state index contributed by atoms with van der Waals surface area (Å²) < 4.78 is 25.6. The molecule has 162 valence electrons. The third kappa shape index (κ3) is 4.16. The first-order chi connectivity index (χ1) is 14.2. The molecule has 1 fully saturated rings. The van der Waals surface area contributed by atoms with E-state index >= 15 is 0 Å². The Hall–Kier alpha value is -2.56. The van der Waals surface area contributed by atoms with Crippen molar-refractivity contribution in [2.24, 2.45) is 0 Å². The Bertz CT molecular complexity index is 920. The van der Waals surface area contributed by atoms with Crippen LogP contribution in [-0.4, -0.2) is 70.2 Å². The van der Waals surface area contributed by atoms with E-state index in [1.54, 1.807) is 24.3 Å². The number of carbonyl (C=O) groups is 1. The maximum atomic E-state index is 14.8. The predicted molar refractivity (Wildman–Crippen MR) is 104 cm³/mol. The number of halogens is 1. The fraction of sp³-hybridized carbons (Fsp3) is 0.381. The van der Waals surface area contributed by atoms with Crippen molar-refractivity contribution in [1.82, 2.24) is 5.32 Å². The van der Waals surface area contributed by atoms with E-state index in [4.69, 9.17) is 9.47 Å². The monoisotopic (exact) mass is 421 g/mol. The molecular weight excluding hydrogens is 397 g/mol. The normalized spacial score (nSPS) is 28.8. The maximum absolute atomic E-state index is 14.8. The molecule has 0 aromatic heterocycles. The summed E-state index contributed by atoms with van der Waals surface area (Å²) in [7, 11) is 1.50. The van der Waals surface area contributed by atoms with Gasteiger partial charge in [-0.15, -0.1) is 0 Å². The van der Waals surface area contributed by atoms with Crippen LogP contribution in [-0.2, 0) is 4.74 Å². The molecule has 8 nitrogen and oxygen atoms in total. The van der Waals surface area contributed by atoms with E-state index in [2.05, 4.69) is 5.32 Å². The maximum Gasteiger partial charge on any atom is 0.251 e. The van der Waals surface area contributed by atoms with Gasteiger partial charge in [0.05, 0.1) is 6.61 Å². The molecule has 9 heteroatoms. The van der Waals surface area contributed by atoms with Gasteiger partial charge in [0.15, 0.2) is 5.60 Å². The predicted octanol–water partition coefficient (Wildman–Crippen LogP) is 0.421. The van der Waals surface area contributed by atoms with E-state index < -0.39 is 42.6 Å². The number of ether oxygens (including phenoxy) is 2. The van der Waals surface area contributed by atoms with Gasteiger partial charge in [-0.1, -0.05) is 12.1 Å². The second kappa shape index (κ2) is 8.66. The molecule has 0 spiro atoms. The average molecular weight is 421 g/mol. The molecule has 0 radical (unpaired) electrons. The van der Waals surface area contributed by atoms with Gasteiger partial charge in [0.2, 0.25) is 6.29 Å². The van der Waals surface area contributed by atoms with E-state index in [0.717, 1.165) is 6.07 Å². The third-order valence-corrected chi connectivity index (χ3v) is 5.11. The lowest BCUT2D eigenvalue weighted by atomic mass is 9.88. The molecule has 30 heavy (non-hydrogen) atoms. The third-order valence-electron chi connectivity index (χ3n) is 5.11. The Kier molecular flexibility index (Phi) is 6.39. The van der Waals surface area contributed by atoms with Gasteiger partial charge in [-0.2, -0.15) is 0 Å². The summed E-state index contributed by atoms with van der Waals surface area (Å²) in [6, 6.07) is 10.4. The largest absolute Gasteiger partial charge is 0.462 e. The van der Waals surface area contributed by atoms with Crippen molar-refractivity contribution in [2.45, 2.75) is 37.1 Å². The minimum atomic E-state index is -2.01. The fourth-order valence-electron chi connectivity index (χ4n) is 3.26. The highest BCUT2D eigenvalue weighted by Gasteiger charge is 2.53. The van der Waals surface area contributed by atoms with Crippen LogP contribution in [0.4, 0.5) is 4.39 Å². The summed E-state index contributed by atoms with van der Waals surface area (Å²) >= 11 is 0. The number of amides is 1. The lowest BCUT2D eigenvalue weighted by molar-refractivity contribution is -0.314. The summed E-state index contributed by atoms with van der Waals surface area (Å²) in [6.07, 6.45) is -5.81. The van der Waals surface area contributed by atoms with Crippen LogP contribution in [0.1, 0.15) is 17.3 Å². The van der Waals surface area contributed by atoms with Gasteiger partial charge in [-0.25, -0.2) is 4.39 Å². The first-order valence-electron chi connectivity index (χ1n) is 9.32. The zero-order valence-corrected chi connectivity index (χ0v) is 16.4. The van der Waals surface area contributed by atoms with Crippen LogP contribution in [0.5, 0.6) is 5.75 Å². The number of hydrogen-bond acceptors (Lipinski definition) is 7. The molecule has 5 atom stereocenters. The highest BCUT2D eigenvalue weighted by Crippen LogP contribution is 2.33. The smallest absolute Gasteiger partial charge is 0.251 e. The van der Waals surface area contributed by atoms with Gasteiger partial charge >= 0.3 is 0 Å². The van der Waals surface area contributed by atoms with Gasteiger partial charge in [0, 0.05) is 24.2 Å². The highest BCUT2D eigenvalue weighted by molar-refractivity contribution is 5.95. The summed E-state index contributed by atoms with van der Waals surface area (Å²) in [5.41, 5.74) is -0.917. The molecule has 0 unspecified atom stereocenters. The van der Waals surface area contributed by atoms with Crippen molar-refractivity contribution in [3.8, 4) is 16.9 Å². The fourth-order valence-corrected chi connectivity index (χ4v) is 3.26. The average Bonchev–Trinajstić information content (AvgIpc) is 2.74. The van der Waals surface area contributed by atoms with Crippen molar-refractivity contribution < 1.29 is 39.1 Å². The van der Waals surface area contributed by atoms with Crippen LogP contribution in [0.2, 0.25) is 0 Å². The SMILES string of the molecule is CNC(=O)c1cccc(-c2ccc(O[C@H]3O[C@H](CO)[C@@H](O)[C@H](O)[C@]3(C)O)cc2F)c1. The van der Waals surface area contributed by atoms with Crippen molar-refractivity contribution in [1.29, 1.82) is 0 Å². The second-order valence-electron chi connectivity index (χ2n) is 7.27. The highest BCUT2D eigenvalue weighted by atomic mass is 19.1. The quantitative estimate of drug-likeness (QED) is 0.473. The van der Waals surface area contributed by atoms with E-state index in [1.807, 2.05) is 0 Å². The van der Waals surface area contributed by atoms with Crippen LogP contribution >= 0.6 is 0 Å². The standard InChI is InChI=1S/C21H24FNO7/c1-21(28)18(26)17(25)16(10-24)30-20(21)29-13-6-7-14(15(22)9-13)11-4-3-5-12(8-11)19(27)23-2/h3-9,16-18,20,24-26,28H,10H2,1-2H3,(H,23,27)/t16-,17-,18+,20+,21+/m1/s1. The van der Waals surface area contributed by atoms with Gasteiger partial charge in [-0.05, 0) is 36.8 Å². The van der Waals surface area contributed by atoms with Crippen molar-refractivity contribution in [3.05, 3.63) is 53.8 Å². The van der Waals surface area contributed by atoms with Crippen molar-refractivity contribution in [3.63, 3.8) is 0 Å². The summed E-state index contributed by atoms with van der Waals surface area (Å²) in [4.78, 5) is 11.8. The van der Waals surface area contributed by atoms with Crippen LogP contribution in [0.25, 0.3) is 11.1 Å². The first kappa shape index (κ1) is 22.1. The lowest BCUT2D eigenvalue weighted by Crippen LogP contribution is -2.66. The van der Waals surface area contributed by atoms with Crippen LogP contribution < -0.4 is 10.1 Å². The topological polar surface area (TPSA) is 128 Å². The van der Waals surface area contributed by atoms with Crippen molar-refractivity contribution >= 4 is 5.91 Å². The Labute approximate surface area is 172 Å². The molecule has 2 aromatic rings. The van der Waals surface area contributed by atoms with E-state index in [0.29, 0.717) is 11.1 Å². The number of rotatable bonds is 5. The van der Waals surface area contributed by atoms with Crippen LogP contribution in [0, 0.1) is 5.82 Å². The Morgan fingerprint density at radius 3 is 2.63 bits per heavy atom. The molecule has 5 N–H and O–H groups in total. The Morgan fingerprint density at radius 2 is 2.00 bits per heavy atom. The first-order valence-corrected chi connectivity index (χ1v) is 9.32. The molecule has 1 heterocycles. The Morgan fingerprint density at radius 1 is 1.27 bits per heavy atom. The number of aliphatic hydroxyl groups is 4. The molecule has 1 amide bonds. The number of carbonyl (C=O) groups excluding carboxylic acids is 1. The van der Waals surface area contributed by atoms with Gasteiger partial charge in [-0.3, -0.25) is 4.79 Å². The van der Waals surface area contributed by atoms with Crippen LogP contribution in [0.15, 0.2) is 42.5 Å². The summed E-state index contributed by atoms with van der Waals surface area (Å²) in [6.45, 7) is 0.595. The summed E-state index contributed by atoms with van der Waals surface area (Å²) in [5.74, 6) is -0.936. The molecule has 1 saturated heterocycles.